The van der Waals surface area contributed by atoms with Gasteiger partial charge in [-0.3, -0.25) is 19.3 Å². The second kappa shape index (κ2) is 10.0. The molecule has 1 saturated heterocycles. The SMILES string of the molecule is CCOc1cc(Br)c(/C=C2/SC(=O)N(CC(=O)Nc3ccc(C)cc3)C2=O)cc1OC. The molecule has 0 aliphatic carbocycles. The minimum Gasteiger partial charge on any atom is -0.493 e. The first-order chi connectivity index (χ1) is 14.8. The zero-order valence-corrected chi connectivity index (χ0v) is 19.6. The van der Waals surface area contributed by atoms with Crippen molar-refractivity contribution >= 4 is 56.5 Å². The van der Waals surface area contributed by atoms with Crippen LogP contribution in [-0.2, 0) is 9.59 Å². The van der Waals surface area contributed by atoms with Crippen LogP contribution in [0.4, 0.5) is 10.5 Å². The highest BCUT2D eigenvalue weighted by molar-refractivity contribution is 9.10. The number of thioether (sulfide) groups is 1. The molecule has 162 valence electrons. The van der Waals surface area contributed by atoms with Crippen molar-refractivity contribution in [3.8, 4) is 11.5 Å². The molecule has 1 heterocycles. The zero-order chi connectivity index (χ0) is 22.5. The fourth-order valence-corrected chi connectivity index (χ4v) is 4.11. The summed E-state index contributed by atoms with van der Waals surface area (Å²) in [6, 6.07) is 10.7. The molecule has 31 heavy (non-hydrogen) atoms. The minimum atomic E-state index is -0.520. The molecule has 2 aromatic rings. The van der Waals surface area contributed by atoms with E-state index in [2.05, 4.69) is 21.2 Å². The number of anilines is 1. The van der Waals surface area contributed by atoms with Gasteiger partial charge in [0.2, 0.25) is 5.91 Å². The van der Waals surface area contributed by atoms with E-state index in [0.29, 0.717) is 33.8 Å². The third-order valence-electron chi connectivity index (χ3n) is 4.38. The Bertz CT molecular complexity index is 1050. The van der Waals surface area contributed by atoms with E-state index in [-0.39, 0.29) is 11.4 Å². The number of carbonyl (C=O) groups is 3. The van der Waals surface area contributed by atoms with Crippen molar-refractivity contribution in [2.24, 2.45) is 0 Å². The summed E-state index contributed by atoms with van der Waals surface area (Å²) in [4.78, 5) is 38.6. The number of hydrogen-bond acceptors (Lipinski definition) is 6. The van der Waals surface area contributed by atoms with Crippen LogP contribution >= 0.6 is 27.7 Å². The highest BCUT2D eigenvalue weighted by atomic mass is 79.9. The molecular weight excluding hydrogens is 484 g/mol. The summed E-state index contributed by atoms with van der Waals surface area (Å²) in [6.07, 6.45) is 1.59. The number of nitrogens with zero attached hydrogens (tertiary/aromatic N) is 1. The molecule has 1 fully saturated rings. The summed E-state index contributed by atoms with van der Waals surface area (Å²) in [5, 5.41) is 2.20. The first-order valence-electron chi connectivity index (χ1n) is 9.44. The average molecular weight is 505 g/mol. The average Bonchev–Trinajstić information content (AvgIpc) is 2.99. The maximum atomic E-state index is 12.8. The summed E-state index contributed by atoms with van der Waals surface area (Å²) in [7, 11) is 1.52. The second-order valence-electron chi connectivity index (χ2n) is 6.64. The minimum absolute atomic E-state index is 0.222. The number of imide groups is 1. The van der Waals surface area contributed by atoms with E-state index in [1.54, 1.807) is 30.3 Å². The lowest BCUT2D eigenvalue weighted by atomic mass is 10.2. The number of aryl methyl sites for hydroxylation is 1. The first-order valence-corrected chi connectivity index (χ1v) is 11.1. The van der Waals surface area contributed by atoms with E-state index in [9.17, 15) is 14.4 Å². The van der Waals surface area contributed by atoms with Crippen LogP contribution in [0.1, 0.15) is 18.1 Å². The first kappa shape index (κ1) is 22.9. The van der Waals surface area contributed by atoms with Crippen molar-refractivity contribution in [2.45, 2.75) is 13.8 Å². The van der Waals surface area contributed by atoms with Crippen LogP contribution in [0.5, 0.6) is 11.5 Å². The molecule has 0 radical (unpaired) electrons. The molecular formula is C22H21BrN2O5S. The highest BCUT2D eigenvalue weighted by Crippen LogP contribution is 2.38. The Morgan fingerprint density at radius 3 is 2.55 bits per heavy atom. The highest BCUT2D eigenvalue weighted by Gasteiger charge is 2.36. The predicted molar refractivity (Wildman–Crippen MR) is 124 cm³/mol. The number of hydrogen-bond donors (Lipinski definition) is 1. The third-order valence-corrected chi connectivity index (χ3v) is 5.97. The van der Waals surface area contributed by atoms with Crippen molar-refractivity contribution in [3.05, 3.63) is 56.9 Å². The Labute approximate surface area is 192 Å². The molecule has 1 N–H and O–H groups in total. The quantitative estimate of drug-likeness (QED) is 0.543. The van der Waals surface area contributed by atoms with Crippen molar-refractivity contribution in [1.29, 1.82) is 0 Å². The van der Waals surface area contributed by atoms with Crippen molar-refractivity contribution in [2.75, 3.05) is 25.6 Å². The lowest BCUT2D eigenvalue weighted by molar-refractivity contribution is -0.127. The normalized spacial score (nSPS) is 14.8. The van der Waals surface area contributed by atoms with Crippen molar-refractivity contribution in [3.63, 3.8) is 0 Å². The lowest BCUT2D eigenvalue weighted by Gasteiger charge is -2.13. The molecule has 1 aliphatic heterocycles. The van der Waals surface area contributed by atoms with Crippen LogP contribution in [0.3, 0.4) is 0 Å². The summed E-state index contributed by atoms with van der Waals surface area (Å²) in [6.45, 7) is 3.93. The molecule has 0 unspecified atom stereocenters. The van der Waals surface area contributed by atoms with Gasteiger partial charge in [0.05, 0.1) is 18.6 Å². The number of amides is 3. The van der Waals surface area contributed by atoms with Gasteiger partial charge >= 0.3 is 0 Å². The van der Waals surface area contributed by atoms with Crippen molar-refractivity contribution < 1.29 is 23.9 Å². The number of methoxy groups -OCH3 is 1. The Morgan fingerprint density at radius 1 is 1.19 bits per heavy atom. The summed E-state index contributed by atoms with van der Waals surface area (Å²) in [5.74, 6) is 0.105. The van der Waals surface area contributed by atoms with Gasteiger partial charge in [0.25, 0.3) is 11.1 Å². The summed E-state index contributed by atoms with van der Waals surface area (Å²) < 4.78 is 11.6. The molecule has 3 amide bonds. The van der Waals surface area contributed by atoms with Crippen LogP contribution in [-0.4, -0.2) is 42.2 Å². The molecule has 9 heteroatoms. The molecule has 7 nitrogen and oxygen atoms in total. The van der Waals surface area contributed by atoms with Gasteiger partial charge < -0.3 is 14.8 Å². The van der Waals surface area contributed by atoms with Crippen LogP contribution < -0.4 is 14.8 Å². The number of carbonyl (C=O) groups excluding carboxylic acids is 3. The monoisotopic (exact) mass is 504 g/mol. The number of benzene rings is 2. The fourth-order valence-electron chi connectivity index (χ4n) is 2.85. The number of nitrogens with one attached hydrogen (secondary N) is 1. The molecule has 0 bridgehead atoms. The summed E-state index contributed by atoms with van der Waals surface area (Å²) >= 11 is 4.25. The number of halogens is 1. The summed E-state index contributed by atoms with van der Waals surface area (Å²) in [5.41, 5.74) is 2.31. The fraction of sp³-hybridized carbons (Fsp3) is 0.227. The van der Waals surface area contributed by atoms with Gasteiger partial charge in [-0.1, -0.05) is 33.6 Å². The van der Waals surface area contributed by atoms with Crippen molar-refractivity contribution in [1.82, 2.24) is 4.90 Å². The Hall–Kier alpha value is -2.78. The van der Waals surface area contributed by atoms with Gasteiger partial charge in [0, 0.05) is 10.2 Å². The van der Waals surface area contributed by atoms with Gasteiger partial charge in [0.15, 0.2) is 11.5 Å². The molecule has 0 saturated carbocycles. The molecule has 0 aromatic heterocycles. The van der Waals surface area contributed by atoms with E-state index in [1.807, 2.05) is 26.0 Å². The van der Waals surface area contributed by atoms with E-state index < -0.39 is 17.1 Å². The Morgan fingerprint density at radius 2 is 1.90 bits per heavy atom. The van der Waals surface area contributed by atoms with Crippen LogP contribution in [0.15, 0.2) is 45.8 Å². The van der Waals surface area contributed by atoms with Crippen LogP contribution in [0.2, 0.25) is 0 Å². The maximum absolute atomic E-state index is 12.8. The number of ether oxygens (including phenoxy) is 2. The van der Waals surface area contributed by atoms with Crippen LogP contribution in [0.25, 0.3) is 6.08 Å². The van der Waals surface area contributed by atoms with Gasteiger partial charge in [-0.25, -0.2) is 0 Å². The molecule has 1 aliphatic rings. The molecule has 0 spiro atoms. The predicted octanol–water partition coefficient (Wildman–Crippen LogP) is 4.84. The van der Waals surface area contributed by atoms with Gasteiger partial charge in [-0.05, 0) is 61.5 Å². The maximum Gasteiger partial charge on any atom is 0.294 e. The van der Waals surface area contributed by atoms with E-state index >= 15 is 0 Å². The van der Waals surface area contributed by atoms with Gasteiger partial charge in [-0.2, -0.15) is 0 Å². The second-order valence-corrected chi connectivity index (χ2v) is 8.49. The molecule has 0 atom stereocenters. The standard InChI is InChI=1S/C22H21BrN2O5S/c1-4-30-18-11-16(23)14(9-17(18)29-3)10-19-21(27)25(22(28)31-19)12-20(26)24-15-7-5-13(2)6-8-15/h5-11H,4,12H2,1-3H3,(H,24,26)/b19-10+. The Kier molecular flexibility index (Phi) is 7.40. The van der Waals surface area contributed by atoms with E-state index in [1.165, 1.54) is 7.11 Å². The Balaban J connectivity index is 1.75. The third kappa shape index (κ3) is 5.48. The zero-order valence-electron chi connectivity index (χ0n) is 17.2. The largest absolute Gasteiger partial charge is 0.493 e. The smallest absolute Gasteiger partial charge is 0.294 e. The number of rotatable bonds is 7. The van der Waals surface area contributed by atoms with Gasteiger partial charge in [0.1, 0.15) is 6.54 Å². The van der Waals surface area contributed by atoms with E-state index in [4.69, 9.17) is 9.47 Å². The topological polar surface area (TPSA) is 84.9 Å². The van der Waals surface area contributed by atoms with Crippen LogP contribution in [0, 0.1) is 6.92 Å². The lowest BCUT2D eigenvalue weighted by Crippen LogP contribution is -2.36. The molecule has 2 aromatic carbocycles. The van der Waals surface area contributed by atoms with E-state index in [0.717, 1.165) is 22.2 Å². The molecule has 3 rings (SSSR count). The van der Waals surface area contributed by atoms with Gasteiger partial charge in [-0.15, -0.1) is 0 Å².